The number of amides is 1. The normalized spacial score (nSPS) is 26.5. The molecular weight excluding hydrogens is 427 g/mol. The molecule has 2 atom stereocenters. The summed E-state index contributed by atoms with van der Waals surface area (Å²) in [6.07, 6.45) is 11.9. The van der Waals surface area contributed by atoms with Crippen LogP contribution in [-0.2, 0) is 4.79 Å². The van der Waals surface area contributed by atoms with Crippen molar-refractivity contribution in [2.75, 3.05) is 13.1 Å². The first kappa shape index (κ1) is 20.8. The second kappa shape index (κ2) is 10.6. The zero-order valence-corrected chi connectivity index (χ0v) is 17.9. The molecule has 0 spiro atoms. The monoisotopic (exact) mass is 462 g/mol. The van der Waals surface area contributed by atoms with Crippen LogP contribution in [0, 0.1) is 11.8 Å². The molecule has 25 heavy (non-hydrogen) atoms. The molecule has 5 nitrogen and oxygen atoms in total. The molecule has 1 amide bonds. The number of nitrogens with one attached hydrogen (secondary N) is 3. The molecule has 0 radical (unpaired) electrons. The molecule has 3 N–H and O–H groups in total. The first-order valence-corrected chi connectivity index (χ1v) is 10.1. The molecule has 6 heteroatoms. The first-order valence-electron chi connectivity index (χ1n) is 10.1. The van der Waals surface area contributed by atoms with Gasteiger partial charge in [0.15, 0.2) is 5.96 Å². The average molecular weight is 462 g/mol. The first-order chi connectivity index (χ1) is 11.7. The minimum atomic E-state index is 0. The smallest absolute Gasteiger partial charge is 0.223 e. The number of rotatable bonds is 8. The highest BCUT2D eigenvalue weighted by molar-refractivity contribution is 14.0. The van der Waals surface area contributed by atoms with Gasteiger partial charge in [0.2, 0.25) is 5.91 Å². The van der Waals surface area contributed by atoms with Crippen LogP contribution >= 0.6 is 24.0 Å². The SMILES string of the molecule is CCNC(=NCCCC1CC1)NC1CCCC(C(=O)NC2CC2)C1.I. The van der Waals surface area contributed by atoms with E-state index in [4.69, 9.17) is 4.99 Å². The predicted octanol–water partition coefficient (Wildman–Crippen LogP) is 3.19. The second-order valence-corrected chi connectivity index (χ2v) is 7.83. The third-order valence-electron chi connectivity index (χ3n) is 5.39. The lowest BCUT2D eigenvalue weighted by molar-refractivity contribution is -0.126. The van der Waals surface area contributed by atoms with Gasteiger partial charge in [0.25, 0.3) is 0 Å². The fourth-order valence-electron chi connectivity index (χ4n) is 3.60. The number of hydrogen-bond donors (Lipinski definition) is 3. The van der Waals surface area contributed by atoms with Gasteiger partial charge in [0.1, 0.15) is 0 Å². The van der Waals surface area contributed by atoms with Crippen LogP contribution in [0.3, 0.4) is 0 Å². The zero-order chi connectivity index (χ0) is 16.8. The summed E-state index contributed by atoms with van der Waals surface area (Å²) in [7, 11) is 0. The highest BCUT2D eigenvalue weighted by Gasteiger charge is 2.31. The number of carbonyl (C=O) groups excluding carboxylic acids is 1. The zero-order valence-electron chi connectivity index (χ0n) is 15.6. The van der Waals surface area contributed by atoms with Crippen LogP contribution in [0.15, 0.2) is 4.99 Å². The van der Waals surface area contributed by atoms with Crippen molar-refractivity contribution < 1.29 is 4.79 Å². The van der Waals surface area contributed by atoms with E-state index in [0.717, 1.165) is 63.5 Å². The van der Waals surface area contributed by atoms with E-state index in [1.54, 1.807) is 0 Å². The van der Waals surface area contributed by atoms with Crippen molar-refractivity contribution in [2.45, 2.75) is 83.2 Å². The lowest BCUT2D eigenvalue weighted by Gasteiger charge is -2.30. The minimum Gasteiger partial charge on any atom is -0.357 e. The van der Waals surface area contributed by atoms with E-state index < -0.39 is 0 Å². The van der Waals surface area contributed by atoms with Crippen molar-refractivity contribution >= 4 is 35.8 Å². The van der Waals surface area contributed by atoms with Crippen LogP contribution in [0.25, 0.3) is 0 Å². The summed E-state index contributed by atoms with van der Waals surface area (Å²) in [6.45, 7) is 3.89. The Morgan fingerprint density at radius 3 is 2.52 bits per heavy atom. The Labute approximate surface area is 169 Å². The molecule has 0 saturated heterocycles. The lowest BCUT2D eigenvalue weighted by atomic mass is 9.85. The maximum absolute atomic E-state index is 12.3. The summed E-state index contributed by atoms with van der Waals surface area (Å²) < 4.78 is 0. The molecular formula is C19H35IN4O. The van der Waals surface area contributed by atoms with Gasteiger partial charge in [-0.2, -0.15) is 0 Å². The number of guanidine groups is 1. The predicted molar refractivity (Wildman–Crippen MR) is 113 cm³/mol. The second-order valence-electron chi connectivity index (χ2n) is 7.83. The van der Waals surface area contributed by atoms with E-state index >= 15 is 0 Å². The summed E-state index contributed by atoms with van der Waals surface area (Å²) >= 11 is 0. The fourth-order valence-corrected chi connectivity index (χ4v) is 3.60. The van der Waals surface area contributed by atoms with E-state index in [2.05, 4.69) is 22.9 Å². The van der Waals surface area contributed by atoms with Crippen LogP contribution in [0.2, 0.25) is 0 Å². The number of carbonyl (C=O) groups is 1. The fraction of sp³-hybridized carbons (Fsp3) is 0.895. The summed E-state index contributed by atoms with van der Waals surface area (Å²) in [6, 6.07) is 0.839. The molecule has 2 unspecified atom stereocenters. The van der Waals surface area contributed by atoms with E-state index in [9.17, 15) is 4.79 Å². The minimum absolute atomic E-state index is 0. The Hall–Kier alpha value is -0.530. The van der Waals surface area contributed by atoms with Crippen LogP contribution in [0.5, 0.6) is 0 Å². The van der Waals surface area contributed by atoms with Gasteiger partial charge in [0.05, 0.1) is 0 Å². The number of hydrogen-bond acceptors (Lipinski definition) is 2. The highest BCUT2D eigenvalue weighted by atomic mass is 127. The number of nitrogens with zero attached hydrogens (tertiary/aromatic N) is 1. The topological polar surface area (TPSA) is 65.5 Å². The van der Waals surface area contributed by atoms with Crippen molar-refractivity contribution in [3.8, 4) is 0 Å². The van der Waals surface area contributed by atoms with E-state index in [1.165, 1.54) is 25.7 Å². The Kier molecular flexibility index (Phi) is 8.79. The van der Waals surface area contributed by atoms with Crippen molar-refractivity contribution in [1.29, 1.82) is 0 Å². The largest absolute Gasteiger partial charge is 0.357 e. The quantitative estimate of drug-likeness (QED) is 0.225. The van der Waals surface area contributed by atoms with Crippen molar-refractivity contribution in [3.05, 3.63) is 0 Å². The van der Waals surface area contributed by atoms with E-state index in [-0.39, 0.29) is 35.8 Å². The van der Waals surface area contributed by atoms with Gasteiger partial charge in [-0.15, -0.1) is 24.0 Å². The Bertz CT molecular complexity index is 449. The standard InChI is InChI=1S/C19H34N4O.HI/c1-2-20-19(21-12-4-5-14-8-9-14)23-17-7-3-6-15(13-17)18(24)22-16-10-11-16;/h14-17H,2-13H2,1H3,(H,22,24)(H2,20,21,23);1H. The number of aliphatic imine (C=N–C) groups is 1. The number of halogens is 1. The van der Waals surface area contributed by atoms with Gasteiger partial charge in [-0.1, -0.05) is 19.3 Å². The van der Waals surface area contributed by atoms with E-state index in [1.807, 2.05) is 0 Å². The summed E-state index contributed by atoms with van der Waals surface area (Å²) in [5.41, 5.74) is 0. The lowest BCUT2D eigenvalue weighted by Crippen LogP contribution is -2.47. The van der Waals surface area contributed by atoms with Crippen LogP contribution in [0.4, 0.5) is 0 Å². The Balaban J connectivity index is 0.00000225. The highest BCUT2D eigenvalue weighted by Crippen LogP contribution is 2.33. The summed E-state index contributed by atoms with van der Waals surface area (Å²) in [5, 5.41) is 10.1. The maximum atomic E-state index is 12.3. The molecule has 3 rings (SSSR count). The molecule has 0 bridgehead atoms. The molecule has 3 aliphatic carbocycles. The molecule has 3 aliphatic rings. The van der Waals surface area contributed by atoms with Crippen molar-refractivity contribution in [1.82, 2.24) is 16.0 Å². The van der Waals surface area contributed by atoms with Crippen LogP contribution in [-0.4, -0.2) is 37.0 Å². The van der Waals surface area contributed by atoms with Gasteiger partial charge in [0, 0.05) is 31.1 Å². The van der Waals surface area contributed by atoms with Crippen LogP contribution < -0.4 is 16.0 Å². The Morgan fingerprint density at radius 1 is 1.04 bits per heavy atom. The van der Waals surface area contributed by atoms with Crippen LogP contribution in [0.1, 0.15) is 71.1 Å². The van der Waals surface area contributed by atoms with Gasteiger partial charge >= 0.3 is 0 Å². The molecule has 3 saturated carbocycles. The van der Waals surface area contributed by atoms with Gasteiger partial charge in [-0.25, -0.2) is 0 Å². The average Bonchev–Trinajstić information content (AvgIpc) is 3.47. The maximum Gasteiger partial charge on any atom is 0.223 e. The molecule has 0 aromatic heterocycles. The summed E-state index contributed by atoms with van der Waals surface area (Å²) in [5.74, 6) is 2.37. The molecule has 0 heterocycles. The molecule has 144 valence electrons. The van der Waals surface area contributed by atoms with Gasteiger partial charge in [-0.05, 0) is 57.8 Å². The third-order valence-corrected chi connectivity index (χ3v) is 5.39. The molecule has 0 aromatic rings. The molecule has 0 aliphatic heterocycles. The Morgan fingerprint density at radius 2 is 1.84 bits per heavy atom. The summed E-state index contributed by atoms with van der Waals surface area (Å²) in [4.78, 5) is 17.0. The third kappa shape index (κ3) is 7.71. The van der Waals surface area contributed by atoms with Gasteiger partial charge in [-0.3, -0.25) is 9.79 Å². The molecule has 3 fully saturated rings. The van der Waals surface area contributed by atoms with Crippen molar-refractivity contribution in [2.24, 2.45) is 16.8 Å². The van der Waals surface area contributed by atoms with Crippen molar-refractivity contribution in [3.63, 3.8) is 0 Å². The van der Waals surface area contributed by atoms with Gasteiger partial charge < -0.3 is 16.0 Å². The van der Waals surface area contributed by atoms with E-state index in [0.29, 0.717) is 12.1 Å². The molecule has 0 aromatic carbocycles.